The molecule has 2 N–H and O–H groups in total. The summed E-state index contributed by atoms with van der Waals surface area (Å²) >= 11 is 0. The van der Waals surface area contributed by atoms with Crippen LogP contribution in [0.15, 0.2) is 12.3 Å². The van der Waals surface area contributed by atoms with Gasteiger partial charge in [0.2, 0.25) is 0 Å². The van der Waals surface area contributed by atoms with Crippen LogP contribution in [0.25, 0.3) is 0 Å². The molecule has 1 heterocycles. The molecular weight excluding hydrogens is 106 g/mol. The summed E-state index contributed by atoms with van der Waals surface area (Å²) < 4.78 is 4.74. The van der Waals surface area contributed by atoms with E-state index >= 15 is 0 Å². The van der Waals surface area contributed by atoms with Crippen molar-refractivity contribution in [1.29, 1.82) is 0 Å². The molecule has 0 aromatic heterocycles. The Hall–Kier alpha value is -0.830. The van der Waals surface area contributed by atoms with Crippen molar-refractivity contribution in [2.45, 2.75) is 12.1 Å². The summed E-state index contributed by atoms with van der Waals surface area (Å²) in [4.78, 5) is 9.97. The Balaban J connectivity index is 2.50. The molecular formula is C5H7NO2. The van der Waals surface area contributed by atoms with E-state index in [1.54, 1.807) is 6.08 Å². The van der Waals surface area contributed by atoms with Crippen LogP contribution in [0.2, 0.25) is 0 Å². The van der Waals surface area contributed by atoms with Crippen LogP contribution in [0, 0.1) is 0 Å². The molecule has 0 bridgehead atoms. The average Bonchev–Trinajstić information content (AvgIpc) is 2.14. The van der Waals surface area contributed by atoms with Gasteiger partial charge in [0, 0.05) is 0 Å². The first-order chi connectivity index (χ1) is 3.84. The van der Waals surface area contributed by atoms with Crippen LogP contribution in [0.1, 0.15) is 0 Å². The lowest BCUT2D eigenvalue weighted by molar-refractivity contribution is -0.114. The van der Waals surface area contributed by atoms with Crippen molar-refractivity contribution in [2.75, 3.05) is 0 Å². The monoisotopic (exact) mass is 113 g/mol. The van der Waals surface area contributed by atoms with Crippen LogP contribution in [0.5, 0.6) is 0 Å². The highest BCUT2D eigenvalue weighted by Gasteiger charge is 2.18. The molecule has 1 aliphatic heterocycles. The van der Waals surface area contributed by atoms with E-state index in [1.807, 2.05) is 0 Å². The van der Waals surface area contributed by atoms with Gasteiger partial charge in [-0.1, -0.05) is 0 Å². The van der Waals surface area contributed by atoms with Crippen molar-refractivity contribution in [3.8, 4) is 0 Å². The second-order valence-corrected chi connectivity index (χ2v) is 1.64. The fraction of sp³-hybridized carbons (Fsp3) is 0.400. The maximum atomic E-state index is 9.97. The zero-order valence-electron chi connectivity index (χ0n) is 4.28. The Morgan fingerprint density at radius 2 is 2.50 bits per heavy atom. The molecule has 0 saturated carbocycles. The summed E-state index contributed by atoms with van der Waals surface area (Å²) in [6, 6.07) is -0.243. The first-order valence-corrected chi connectivity index (χ1v) is 2.37. The predicted molar refractivity (Wildman–Crippen MR) is 28.1 cm³/mol. The maximum Gasteiger partial charge on any atom is 0.171 e. The van der Waals surface area contributed by atoms with Gasteiger partial charge in [-0.25, -0.2) is 0 Å². The summed E-state index contributed by atoms with van der Waals surface area (Å²) in [5.41, 5.74) is 5.35. The number of rotatable bonds is 1. The Bertz CT molecular complexity index is 122. The molecule has 0 saturated heterocycles. The van der Waals surface area contributed by atoms with E-state index < -0.39 is 6.10 Å². The summed E-state index contributed by atoms with van der Waals surface area (Å²) in [5, 5.41) is 0. The Kier molecular flexibility index (Phi) is 1.30. The van der Waals surface area contributed by atoms with Crippen LogP contribution in [-0.4, -0.2) is 18.4 Å². The van der Waals surface area contributed by atoms with Gasteiger partial charge in [0.05, 0.1) is 12.3 Å². The first kappa shape index (κ1) is 5.31. The quantitative estimate of drug-likeness (QED) is 0.463. The van der Waals surface area contributed by atoms with E-state index in [0.717, 1.165) is 0 Å². The molecule has 0 aromatic carbocycles. The third-order valence-electron chi connectivity index (χ3n) is 1.05. The van der Waals surface area contributed by atoms with Crippen LogP contribution < -0.4 is 5.73 Å². The fourth-order valence-corrected chi connectivity index (χ4v) is 0.550. The van der Waals surface area contributed by atoms with Crippen molar-refractivity contribution in [1.82, 2.24) is 0 Å². The van der Waals surface area contributed by atoms with E-state index in [2.05, 4.69) is 0 Å². The lowest BCUT2D eigenvalue weighted by atomic mass is 10.2. The molecule has 0 aliphatic carbocycles. The topological polar surface area (TPSA) is 52.3 Å². The molecule has 2 unspecified atom stereocenters. The smallest absolute Gasteiger partial charge is 0.171 e. The maximum absolute atomic E-state index is 9.97. The minimum absolute atomic E-state index is 0.243. The molecule has 8 heavy (non-hydrogen) atoms. The van der Waals surface area contributed by atoms with Crippen LogP contribution in [0.3, 0.4) is 0 Å². The van der Waals surface area contributed by atoms with Gasteiger partial charge < -0.3 is 10.5 Å². The van der Waals surface area contributed by atoms with Crippen LogP contribution in [0.4, 0.5) is 0 Å². The highest BCUT2D eigenvalue weighted by atomic mass is 16.5. The predicted octanol–water partition coefficient (Wildman–Crippen LogP) is -0.575. The van der Waals surface area contributed by atoms with Gasteiger partial charge in [0.15, 0.2) is 12.4 Å². The second-order valence-electron chi connectivity index (χ2n) is 1.64. The number of carbonyl (C=O) groups excluding carboxylic acids is 1. The number of hydrogen-bond acceptors (Lipinski definition) is 3. The number of nitrogens with two attached hydrogens (primary N) is 1. The first-order valence-electron chi connectivity index (χ1n) is 2.37. The van der Waals surface area contributed by atoms with Gasteiger partial charge in [0.1, 0.15) is 0 Å². The normalized spacial score (nSPS) is 34.6. The van der Waals surface area contributed by atoms with Crippen LogP contribution >= 0.6 is 0 Å². The van der Waals surface area contributed by atoms with Gasteiger partial charge >= 0.3 is 0 Å². The lowest BCUT2D eigenvalue weighted by Gasteiger charge is -2.04. The zero-order chi connectivity index (χ0) is 5.98. The number of ether oxygens (including phenoxy) is 1. The van der Waals surface area contributed by atoms with Crippen molar-refractivity contribution in [2.24, 2.45) is 5.73 Å². The molecule has 44 valence electrons. The molecule has 1 aliphatic rings. The molecule has 0 aromatic rings. The highest BCUT2D eigenvalue weighted by Crippen LogP contribution is 2.03. The third-order valence-corrected chi connectivity index (χ3v) is 1.05. The molecule has 0 fully saturated rings. The summed E-state index contributed by atoms with van der Waals surface area (Å²) in [7, 11) is 0. The minimum Gasteiger partial charge on any atom is -0.489 e. The largest absolute Gasteiger partial charge is 0.489 e. The molecule has 3 nitrogen and oxygen atoms in total. The molecule has 0 spiro atoms. The molecule has 0 amide bonds. The summed E-state index contributed by atoms with van der Waals surface area (Å²) in [5.74, 6) is 0. The van der Waals surface area contributed by atoms with Gasteiger partial charge in [-0.3, -0.25) is 4.79 Å². The van der Waals surface area contributed by atoms with E-state index in [-0.39, 0.29) is 6.04 Å². The number of carbonyl (C=O) groups is 1. The van der Waals surface area contributed by atoms with Crippen molar-refractivity contribution in [3.63, 3.8) is 0 Å². The average molecular weight is 113 g/mol. The fourth-order valence-electron chi connectivity index (χ4n) is 0.550. The minimum atomic E-state index is -0.449. The van der Waals surface area contributed by atoms with Gasteiger partial charge in [-0.2, -0.15) is 0 Å². The standard InChI is InChI=1S/C5H7NO2/c6-4-1-2-8-5(4)3-7/h1-5H,6H2. The van der Waals surface area contributed by atoms with E-state index in [1.165, 1.54) is 6.26 Å². The van der Waals surface area contributed by atoms with E-state index in [0.29, 0.717) is 6.29 Å². The Labute approximate surface area is 47.1 Å². The Morgan fingerprint density at radius 3 is 2.75 bits per heavy atom. The SMILES string of the molecule is NC1C=COC1C=O. The van der Waals surface area contributed by atoms with Crippen molar-refractivity contribution < 1.29 is 9.53 Å². The molecule has 0 radical (unpaired) electrons. The summed E-state index contributed by atoms with van der Waals surface area (Å²) in [6.07, 6.45) is 3.35. The van der Waals surface area contributed by atoms with Crippen LogP contribution in [-0.2, 0) is 9.53 Å². The van der Waals surface area contributed by atoms with Gasteiger partial charge in [-0.05, 0) is 6.08 Å². The molecule has 2 atom stereocenters. The second kappa shape index (κ2) is 1.96. The van der Waals surface area contributed by atoms with Crippen molar-refractivity contribution >= 4 is 6.29 Å². The number of hydrogen-bond donors (Lipinski definition) is 1. The highest BCUT2D eigenvalue weighted by molar-refractivity contribution is 5.59. The molecule has 3 heteroatoms. The molecule has 1 rings (SSSR count). The van der Waals surface area contributed by atoms with E-state index in [4.69, 9.17) is 10.5 Å². The lowest BCUT2D eigenvalue weighted by Crippen LogP contribution is -2.31. The Morgan fingerprint density at radius 1 is 1.75 bits per heavy atom. The van der Waals surface area contributed by atoms with Crippen molar-refractivity contribution in [3.05, 3.63) is 12.3 Å². The zero-order valence-corrected chi connectivity index (χ0v) is 4.28. The van der Waals surface area contributed by atoms with E-state index in [9.17, 15) is 4.79 Å². The summed E-state index contributed by atoms with van der Waals surface area (Å²) in [6.45, 7) is 0. The van der Waals surface area contributed by atoms with Gasteiger partial charge in [-0.15, -0.1) is 0 Å². The number of aldehydes is 1. The van der Waals surface area contributed by atoms with Gasteiger partial charge in [0.25, 0.3) is 0 Å². The third kappa shape index (κ3) is 0.721.